The summed E-state index contributed by atoms with van der Waals surface area (Å²) < 4.78 is 0. The minimum absolute atomic E-state index is 0.0922. The van der Waals surface area contributed by atoms with E-state index in [0.29, 0.717) is 25.0 Å². The Hall–Kier alpha value is -1.81. The summed E-state index contributed by atoms with van der Waals surface area (Å²) in [6, 6.07) is -2.43. The number of hydrogen-bond acceptors (Lipinski definition) is 6. The Morgan fingerprint density at radius 1 is 0.897 bits per heavy atom. The number of carboxylic acids is 1. The number of carbonyl (C=O) groups excluding carboxylic acids is 3. The second-order valence-electron chi connectivity index (χ2n) is 7.88. The molecule has 0 aromatic rings. The lowest BCUT2D eigenvalue weighted by Gasteiger charge is -2.25. The van der Waals surface area contributed by atoms with E-state index in [1.807, 2.05) is 34.0 Å². The van der Waals surface area contributed by atoms with Crippen molar-refractivity contribution >= 4 is 35.5 Å². The molecule has 3 amide bonds. The monoisotopic (exact) mass is 432 g/mol. The second-order valence-corrected chi connectivity index (χ2v) is 8.87. The highest BCUT2D eigenvalue weighted by atomic mass is 32.2. The van der Waals surface area contributed by atoms with Crippen molar-refractivity contribution in [3.8, 4) is 0 Å². The number of nitrogens with one attached hydrogen (secondary N) is 3. The van der Waals surface area contributed by atoms with Gasteiger partial charge in [-0.3, -0.25) is 19.2 Å². The van der Waals surface area contributed by atoms with Crippen LogP contribution in [0, 0.1) is 11.8 Å². The Kier molecular flexibility index (Phi) is 13.3. The van der Waals surface area contributed by atoms with Crippen LogP contribution in [0.3, 0.4) is 0 Å². The molecule has 0 aliphatic rings. The summed E-state index contributed by atoms with van der Waals surface area (Å²) in [6.07, 6.45) is 3.12. The van der Waals surface area contributed by atoms with Gasteiger partial charge in [0.05, 0.1) is 6.04 Å². The van der Waals surface area contributed by atoms with Crippen molar-refractivity contribution in [3.63, 3.8) is 0 Å². The zero-order valence-corrected chi connectivity index (χ0v) is 18.8. The van der Waals surface area contributed by atoms with E-state index in [-0.39, 0.29) is 11.8 Å². The molecular formula is C19H36N4O5S. The minimum Gasteiger partial charge on any atom is -0.480 e. The topological polar surface area (TPSA) is 151 Å². The smallest absolute Gasteiger partial charge is 0.322 e. The van der Waals surface area contributed by atoms with Gasteiger partial charge in [-0.05, 0) is 43.1 Å². The van der Waals surface area contributed by atoms with E-state index >= 15 is 0 Å². The Balaban J connectivity index is 5.18. The van der Waals surface area contributed by atoms with Gasteiger partial charge >= 0.3 is 5.97 Å². The van der Waals surface area contributed by atoms with Gasteiger partial charge in [0.1, 0.15) is 18.6 Å². The largest absolute Gasteiger partial charge is 0.480 e. The van der Waals surface area contributed by atoms with Gasteiger partial charge in [-0.2, -0.15) is 11.8 Å². The molecule has 0 aromatic heterocycles. The molecule has 0 aliphatic heterocycles. The highest BCUT2D eigenvalue weighted by molar-refractivity contribution is 7.98. The summed E-state index contributed by atoms with van der Waals surface area (Å²) in [7, 11) is 0. The summed E-state index contributed by atoms with van der Waals surface area (Å²) in [6.45, 7) is 7.16. The lowest BCUT2D eigenvalue weighted by Crippen LogP contribution is -2.56. The Morgan fingerprint density at radius 2 is 1.45 bits per heavy atom. The van der Waals surface area contributed by atoms with E-state index in [2.05, 4.69) is 16.0 Å². The fourth-order valence-corrected chi connectivity index (χ4v) is 3.13. The number of nitrogens with two attached hydrogens (primary N) is 1. The molecule has 6 N–H and O–H groups in total. The molecule has 0 aromatic carbocycles. The fourth-order valence-electron chi connectivity index (χ4n) is 2.66. The van der Waals surface area contributed by atoms with Crippen LogP contribution in [-0.4, -0.2) is 65.5 Å². The Bertz CT molecular complexity index is 557. The van der Waals surface area contributed by atoms with Crippen LogP contribution in [0.15, 0.2) is 0 Å². The molecule has 29 heavy (non-hydrogen) atoms. The zero-order chi connectivity index (χ0) is 22.6. The molecule has 9 nitrogen and oxygen atoms in total. The fraction of sp³-hybridized carbons (Fsp3) is 0.789. The molecule has 168 valence electrons. The van der Waals surface area contributed by atoms with E-state index in [1.165, 1.54) is 11.8 Å². The van der Waals surface area contributed by atoms with Crippen LogP contribution in [0.25, 0.3) is 0 Å². The third-order valence-corrected chi connectivity index (χ3v) is 4.70. The maximum Gasteiger partial charge on any atom is 0.322 e. The Morgan fingerprint density at radius 3 is 1.93 bits per heavy atom. The van der Waals surface area contributed by atoms with Crippen molar-refractivity contribution in [2.24, 2.45) is 17.6 Å². The summed E-state index contributed by atoms with van der Waals surface area (Å²) >= 11 is 1.53. The first-order valence-electron chi connectivity index (χ1n) is 9.82. The number of amides is 3. The highest BCUT2D eigenvalue weighted by Gasteiger charge is 2.28. The molecule has 0 saturated carbocycles. The summed E-state index contributed by atoms with van der Waals surface area (Å²) in [4.78, 5) is 48.2. The average Bonchev–Trinajstić information content (AvgIpc) is 2.61. The van der Waals surface area contributed by atoms with Crippen LogP contribution in [0.1, 0.15) is 47.0 Å². The third kappa shape index (κ3) is 12.4. The number of thioether (sulfide) groups is 1. The average molecular weight is 433 g/mol. The predicted molar refractivity (Wildman–Crippen MR) is 114 cm³/mol. The van der Waals surface area contributed by atoms with E-state index in [9.17, 15) is 19.2 Å². The molecule has 3 unspecified atom stereocenters. The van der Waals surface area contributed by atoms with Gasteiger partial charge < -0.3 is 26.8 Å². The van der Waals surface area contributed by atoms with Gasteiger partial charge in [0.2, 0.25) is 17.7 Å². The highest BCUT2D eigenvalue weighted by Crippen LogP contribution is 2.08. The lowest BCUT2D eigenvalue weighted by molar-refractivity contribution is -0.138. The quantitative estimate of drug-likeness (QED) is 0.265. The van der Waals surface area contributed by atoms with Crippen LogP contribution in [-0.2, 0) is 19.2 Å². The van der Waals surface area contributed by atoms with Gasteiger partial charge in [0.25, 0.3) is 0 Å². The summed E-state index contributed by atoms with van der Waals surface area (Å²) in [5.41, 5.74) is 5.91. The first kappa shape index (κ1) is 27.2. The molecule has 0 saturated heterocycles. The van der Waals surface area contributed by atoms with Gasteiger partial charge in [-0.1, -0.05) is 27.7 Å². The van der Waals surface area contributed by atoms with Crippen LogP contribution < -0.4 is 21.7 Å². The maximum absolute atomic E-state index is 12.8. The lowest BCUT2D eigenvalue weighted by atomic mass is 10.0. The van der Waals surface area contributed by atoms with Crippen molar-refractivity contribution in [1.82, 2.24) is 16.0 Å². The van der Waals surface area contributed by atoms with Crippen molar-refractivity contribution in [3.05, 3.63) is 0 Å². The van der Waals surface area contributed by atoms with Crippen molar-refractivity contribution in [2.75, 3.05) is 18.6 Å². The van der Waals surface area contributed by atoms with Crippen LogP contribution >= 0.6 is 11.8 Å². The van der Waals surface area contributed by atoms with E-state index in [1.54, 1.807) is 0 Å². The van der Waals surface area contributed by atoms with Gasteiger partial charge in [-0.15, -0.1) is 0 Å². The molecular weight excluding hydrogens is 396 g/mol. The van der Waals surface area contributed by atoms with Gasteiger partial charge in [0, 0.05) is 0 Å². The standard InChI is InChI=1S/C19H36N4O5S/c1-11(2)8-13(20)17(26)22-14(6-7-29-5)19(28)23-15(9-12(3)4)18(27)21-10-16(24)25/h11-15H,6-10,20H2,1-5H3,(H,21,27)(H,22,26)(H,23,28)(H,24,25). The minimum atomic E-state index is -1.17. The van der Waals surface area contributed by atoms with Crippen LogP contribution in [0.5, 0.6) is 0 Å². The molecule has 0 aliphatic carbocycles. The SMILES string of the molecule is CSCCC(NC(=O)C(N)CC(C)C)C(=O)NC(CC(C)C)C(=O)NCC(=O)O. The van der Waals surface area contributed by atoms with Crippen LogP contribution in [0.4, 0.5) is 0 Å². The van der Waals surface area contributed by atoms with E-state index in [0.717, 1.165) is 0 Å². The molecule has 0 rings (SSSR count). The number of hydrogen-bond donors (Lipinski definition) is 5. The van der Waals surface area contributed by atoms with Crippen molar-refractivity contribution in [1.29, 1.82) is 0 Å². The van der Waals surface area contributed by atoms with Gasteiger partial charge in [0.15, 0.2) is 0 Å². The molecule has 0 bridgehead atoms. The molecule has 0 heterocycles. The third-order valence-electron chi connectivity index (χ3n) is 4.06. The van der Waals surface area contributed by atoms with Crippen molar-refractivity contribution in [2.45, 2.75) is 65.1 Å². The van der Waals surface area contributed by atoms with E-state index in [4.69, 9.17) is 10.8 Å². The van der Waals surface area contributed by atoms with Gasteiger partial charge in [-0.25, -0.2) is 0 Å². The first-order chi connectivity index (χ1) is 13.5. The molecule has 10 heteroatoms. The Labute approximate surface area is 177 Å². The second kappa shape index (κ2) is 14.2. The maximum atomic E-state index is 12.8. The zero-order valence-electron chi connectivity index (χ0n) is 18.0. The van der Waals surface area contributed by atoms with E-state index < -0.39 is 48.4 Å². The first-order valence-corrected chi connectivity index (χ1v) is 11.2. The number of aliphatic carboxylic acids is 1. The molecule has 0 radical (unpaired) electrons. The number of rotatable bonds is 14. The molecule has 3 atom stereocenters. The summed E-state index contributed by atoms with van der Waals surface area (Å²) in [5, 5.41) is 16.4. The molecule has 0 fully saturated rings. The molecule has 0 spiro atoms. The van der Waals surface area contributed by atoms with Crippen LogP contribution in [0.2, 0.25) is 0 Å². The normalized spacial score (nSPS) is 14.2. The number of carbonyl (C=O) groups is 4. The summed E-state index contributed by atoms with van der Waals surface area (Å²) in [5.74, 6) is -1.66. The number of carboxylic acid groups (broad SMARTS) is 1. The predicted octanol–water partition coefficient (Wildman–Crippen LogP) is 0.329. The van der Waals surface area contributed by atoms with Crippen molar-refractivity contribution < 1.29 is 24.3 Å².